The van der Waals surface area contributed by atoms with E-state index >= 15 is 0 Å². The van der Waals surface area contributed by atoms with E-state index in [1.807, 2.05) is 6.20 Å². The van der Waals surface area contributed by atoms with Crippen molar-refractivity contribution in [3.05, 3.63) is 42.1 Å². The van der Waals surface area contributed by atoms with E-state index in [0.29, 0.717) is 0 Å². The smallest absolute Gasteiger partial charge is 0.194 e. The van der Waals surface area contributed by atoms with Crippen molar-refractivity contribution in [1.29, 1.82) is 0 Å². The number of ether oxygens (including phenoxy) is 1. The molecular formula is C14H15NO. The lowest BCUT2D eigenvalue weighted by atomic mass is 10.1. The van der Waals surface area contributed by atoms with Crippen LogP contribution >= 0.6 is 0 Å². The highest BCUT2D eigenvalue weighted by atomic mass is 16.5. The number of hydrogen-bond donors (Lipinski definition) is 0. The minimum Gasteiger partial charge on any atom is -0.443 e. The summed E-state index contributed by atoms with van der Waals surface area (Å²) in [5.41, 5.74) is 1.44. The van der Waals surface area contributed by atoms with Crippen LogP contribution in [0.15, 0.2) is 41.5 Å². The van der Waals surface area contributed by atoms with Crippen molar-refractivity contribution in [2.45, 2.75) is 31.6 Å². The molecule has 16 heavy (non-hydrogen) atoms. The third kappa shape index (κ3) is 2.16. The summed E-state index contributed by atoms with van der Waals surface area (Å²) in [4.78, 5) is 4.21. The van der Waals surface area contributed by atoms with E-state index in [2.05, 4.69) is 35.3 Å². The quantitative estimate of drug-likeness (QED) is 0.734. The molecule has 3 rings (SSSR count). The Morgan fingerprint density at radius 3 is 2.56 bits per heavy atom. The van der Waals surface area contributed by atoms with Gasteiger partial charge in [0.05, 0.1) is 0 Å². The Balaban J connectivity index is 1.69. The third-order valence-corrected chi connectivity index (χ3v) is 3.01. The number of nitrogens with zero attached hydrogens (tertiary/aromatic N) is 1. The van der Waals surface area contributed by atoms with Crippen molar-refractivity contribution >= 4 is 5.90 Å². The molecule has 0 amide bonds. The summed E-state index contributed by atoms with van der Waals surface area (Å²) in [5.74, 6) is 2.53. The molecule has 2 heteroatoms. The van der Waals surface area contributed by atoms with Crippen molar-refractivity contribution in [3.63, 3.8) is 0 Å². The molecule has 0 saturated heterocycles. The van der Waals surface area contributed by atoms with Crippen LogP contribution in [0.2, 0.25) is 0 Å². The second kappa shape index (κ2) is 4.12. The van der Waals surface area contributed by atoms with Gasteiger partial charge in [0.25, 0.3) is 0 Å². The molecule has 1 aliphatic carbocycles. The van der Waals surface area contributed by atoms with Crippen molar-refractivity contribution in [2.75, 3.05) is 0 Å². The van der Waals surface area contributed by atoms with Crippen molar-refractivity contribution in [1.82, 2.24) is 0 Å². The molecule has 0 N–H and O–H groups in total. The number of allylic oxidation sites excluding steroid dienone is 1. The van der Waals surface area contributed by atoms with E-state index in [9.17, 15) is 0 Å². The van der Waals surface area contributed by atoms with Gasteiger partial charge in [0.1, 0.15) is 5.75 Å². The largest absolute Gasteiger partial charge is 0.443 e. The predicted octanol–water partition coefficient (Wildman–Crippen LogP) is 3.65. The lowest BCUT2D eigenvalue weighted by Gasteiger charge is -2.10. The number of aliphatic imine (C=N–C) groups is 1. The van der Waals surface area contributed by atoms with Crippen LogP contribution in [0.5, 0.6) is 5.75 Å². The summed E-state index contributed by atoms with van der Waals surface area (Å²) in [6.45, 7) is 0. The zero-order chi connectivity index (χ0) is 10.8. The summed E-state index contributed by atoms with van der Waals surface area (Å²) >= 11 is 0. The summed E-state index contributed by atoms with van der Waals surface area (Å²) in [5, 5.41) is 0. The normalized spacial score (nSPS) is 19.4. The fourth-order valence-corrected chi connectivity index (χ4v) is 1.92. The van der Waals surface area contributed by atoms with Crippen LogP contribution in [0.3, 0.4) is 0 Å². The maximum Gasteiger partial charge on any atom is 0.194 e. The van der Waals surface area contributed by atoms with Crippen molar-refractivity contribution in [2.24, 2.45) is 4.99 Å². The van der Waals surface area contributed by atoms with E-state index in [1.54, 1.807) is 0 Å². The molecule has 1 saturated carbocycles. The molecule has 0 spiro atoms. The standard InChI is InChI=1S/C14H15NO/c1-2-10-15-14(3-1)16-13-8-6-12(7-9-13)11-4-5-11/h2,6-11H,1,3-5H2. The number of benzene rings is 1. The van der Waals surface area contributed by atoms with Gasteiger partial charge in [-0.1, -0.05) is 18.2 Å². The fourth-order valence-electron chi connectivity index (χ4n) is 1.92. The predicted molar refractivity (Wildman–Crippen MR) is 64.9 cm³/mol. The van der Waals surface area contributed by atoms with Gasteiger partial charge in [-0.15, -0.1) is 0 Å². The van der Waals surface area contributed by atoms with Gasteiger partial charge in [-0.05, 0) is 42.9 Å². The van der Waals surface area contributed by atoms with Crippen LogP contribution in [0.25, 0.3) is 0 Å². The van der Waals surface area contributed by atoms with E-state index < -0.39 is 0 Å². The average Bonchev–Trinajstić information content (AvgIpc) is 3.15. The molecule has 1 aromatic carbocycles. The van der Waals surface area contributed by atoms with Gasteiger partial charge in [0, 0.05) is 12.6 Å². The zero-order valence-electron chi connectivity index (χ0n) is 9.23. The fraction of sp³-hybridized carbons (Fsp3) is 0.357. The second-order valence-electron chi connectivity index (χ2n) is 4.39. The molecular weight excluding hydrogens is 198 g/mol. The first kappa shape index (κ1) is 9.64. The average molecular weight is 213 g/mol. The van der Waals surface area contributed by atoms with Gasteiger partial charge in [-0.3, -0.25) is 0 Å². The highest BCUT2D eigenvalue weighted by molar-refractivity contribution is 5.80. The highest BCUT2D eigenvalue weighted by Crippen LogP contribution is 2.40. The molecule has 0 unspecified atom stereocenters. The minimum absolute atomic E-state index is 0.809. The second-order valence-corrected chi connectivity index (χ2v) is 4.39. The molecule has 0 radical (unpaired) electrons. The molecule has 2 nitrogen and oxygen atoms in total. The van der Waals surface area contributed by atoms with Crippen LogP contribution in [0.4, 0.5) is 0 Å². The zero-order valence-corrected chi connectivity index (χ0v) is 9.23. The summed E-state index contributed by atoms with van der Waals surface area (Å²) in [6, 6.07) is 8.45. The molecule has 1 heterocycles. The first-order valence-electron chi connectivity index (χ1n) is 5.91. The van der Waals surface area contributed by atoms with Crippen molar-refractivity contribution in [3.8, 4) is 5.75 Å². The SMILES string of the molecule is C1=CN=C(Oc2ccc(C3CC3)cc2)CC1. The lowest BCUT2D eigenvalue weighted by Crippen LogP contribution is -2.09. The van der Waals surface area contributed by atoms with Gasteiger partial charge in [-0.2, -0.15) is 0 Å². The van der Waals surface area contributed by atoms with Gasteiger partial charge in [-0.25, -0.2) is 4.99 Å². The van der Waals surface area contributed by atoms with Crippen molar-refractivity contribution < 1.29 is 4.74 Å². The monoisotopic (exact) mass is 213 g/mol. The molecule has 0 bridgehead atoms. The molecule has 0 atom stereocenters. The summed E-state index contributed by atoms with van der Waals surface area (Å²) in [6.07, 6.45) is 8.50. The Kier molecular flexibility index (Phi) is 2.49. The van der Waals surface area contributed by atoms with E-state index in [1.165, 1.54) is 18.4 Å². The highest BCUT2D eigenvalue weighted by Gasteiger charge is 2.23. The summed E-state index contributed by atoms with van der Waals surface area (Å²) < 4.78 is 5.71. The summed E-state index contributed by atoms with van der Waals surface area (Å²) in [7, 11) is 0. The number of hydrogen-bond acceptors (Lipinski definition) is 2. The first-order valence-corrected chi connectivity index (χ1v) is 5.91. The topological polar surface area (TPSA) is 21.6 Å². The van der Waals surface area contributed by atoms with Gasteiger partial charge < -0.3 is 4.74 Å². The van der Waals surface area contributed by atoms with E-state index in [4.69, 9.17) is 4.74 Å². The van der Waals surface area contributed by atoms with Crippen LogP contribution in [-0.4, -0.2) is 5.90 Å². The maximum atomic E-state index is 5.71. The lowest BCUT2D eigenvalue weighted by molar-refractivity contribution is 0.529. The molecule has 1 aromatic rings. The number of rotatable bonds is 2. The Hall–Kier alpha value is -1.57. The van der Waals surface area contributed by atoms with Gasteiger partial charge >= 0.3 is 0 Å². The molecule has 1 aliphatic heterocycles. The van der Waals surface area contributed by atoms with E-state index in [0.717, 1.165) is 30.4 Å². The Morgan fingerprint density at radius 1 is 1.12 bits per heavy atom. The molecule has 2 aliphatic rings. The Labute approximate surface area is 95.7 Å². The Morgan fingerprint density at radius 2 is 1.94 bits per heavy atom. The molecule has 82 valence electrons. The molecule has 0 aromatic heterocycles. The van der Waals surface area contributed by atoms with Crippen LogP contribution in [0, 0.1) is 0 Å². The van der Waals surface area contributed by atoms with Gasteiger partial charge in [0.15, 0.2) is 5.90 Å². The third-order valence-electron chi connectivity index (χ3n) is 3.01. The van der Waals surface area contributed by atoms with E-state index in [-0.39, 0.29) is 0 Å². The minimum atomic E-state index is 0.809. The maximum absolute atomic E-state index is 5.71. The van der Waals surface area contributed by atoms with Crippen LogP contribution < -0.4 is 4.74 Å². The molecule has 1 fully saturated rings. The van der Waals surface area contributed by atoms with Crippen LogP contribution in [-0.2, 0) is 0 Å². The first-order chi connectivity index (χ1) is 7.92. The van der Waals surface area contributed by atoms with Gasteiger partial charge in [0.2, 0.25) is 0 Å². The Bertz CT molecular complexity index is 427. The van der Waals surface area contributed by atoms with Crippen LogP contribution in [0.1, 0.15) is 37.2 Å².